The zero-order valence-electron chi connectivity index (χ0n) is 15.0. The van der Waals surface area contributed by atoms with E-state index < -0.39 is 15.9 Å². The topological polar surface area (TPSA) is 66.5 Å². The van der Waals surface area contributed by atoms with Crippen LogP contribution in [0.1, 0.15) is 5.56 Å². The first kappa shape index (κ1) is 20.3. The van der Waals surface area contributed by atoms with E-state index in [0.29, 0.717) is 5.69 Å². The highest BCUT2D eigenvalue weighted by Crippen LogP contribution is 2.19. The van der Waals surface area contributed by atoms with Crippen LogP contribution in [0.3, 0.4) is 0 Å². The molecule has 0 heterocycles. The summed E-state index contributed by atoms with van der Waals surface area (Å²) in [5.41, 5.74) is 1.41. The van der Waals surface area contributed by atoms with Crippen molar-refractivity contribution in [2.75, 3.05) is 11.9 Å². The van der Waals surface area contributed by atoms with E-state index in [4.69, 9.17) is 0 Å². The van der Waals surface area contributed by atoms with Crippen LogP contribution in [-0.4, -0.2) is 25.2 Å². The highest BCUT2D eigenvalue weighted by atomic mass is 79.9. The monoisotopic (exact) mass is 458 g/mol. The van der Waals surface area contributed by atoms with Gasteiger partial charge in [0, 0.05) is 16.7 Å². The highest BCUT2D eigenvalue weighted by molar-refractivity contribution is 9.10. The van der Waals surface area contributed by atoms with Crippen LogP contribution < -0.4 is 5.32 Å². The van der Waals surface area contributed by atoms with Gasteiger partial charge in [0.25, 0.3) is 0 Å². The van der Waals surface area contributed by atoms with Crippen LogP contribution in [-0.2, 0) is 21.4 Å². The predicted octanol–water partition coefficient (Wildman–Crippen LogP) is 4.28. The molecule has 0 saturated carbocycles. The van der Waals surface area contributed by atoms with Crippen molar-refractivity contribution in [1.29, 1.82) is 0 Å². The van der Waals surface area contributed by atoms with Crippen molar-refractivity contribution in [2.24, 2.45) is 0 Å². The lowest BCUT2D eigenvalue weighted by Gasteiger charge is -2.22. The number of hydrogen-bond donors (Lipinski definition) is 1. The summed E-state index contributed by atoms with van der Waals surface area (Å²) in [6, 6.07) is 24.4. The Bertz CT molecular complexity index is 1020. The van der Waals surface area contributed by atoms with Crippen molar-refractivity contribution in [2.45, 2.75) is 11.4 Å². The summed E-state index contributed by atoms with van der Waals surface area (Å²) >= 11 is 3.34. The number of carbonyl (C=O) groups excluding carboxylic acids is 1. The van der Waals surface area contributed by atoms with Crippen molar-refractivity contribution in [1.82, 2.24) is 4.31 Å². The maximum absolute atomic E-state index is 13.1. The smallest absolute Gasteiger partial charge is 0.243 e. The van der Waals surface area contributed by atoms with Crippen LogP contribution in [0.4, 0.5) is 5.69 Å². The summed E-state index contributed by atoms with van der Waals surface area (Å²) in [6.07, 6.45) is 0. The molecular weight excluding hydrogens is 440 g/mol. The molecule has 28 heavy (non-hydrogen) atoms. The van der Waals surface area contributed by atoms with Crippen molar-refractivity contribution in [3.05, 3.63) is 95.0 Å². The molecule has 3 aromatic rings. The van der Waals surface area contributed by atoms with Gasteiger partial charge in [-0.1, -0.05) is 64.5 Å². The van der Waals surface area contributed by atoms with E-state index in [1.165, 1.54) is 16.4 Å². The number of halogens is 1. The molecule has 3 rings (SSSR count). The number of nitrogens with one attached hydrogen (secondary N) is 1. The molecule has 5 nitrogen and oxygen atoms in total. The highest BCUT2D eigenvalue weighted by Gasteiger charge is 2.26. The number of carbonyl (C=O) groups is 1. The van der Waals surface area contributed by atoms with Gasteiger partial charge >= 0.3 is 0 Å². The maximum atomic E-state index is 13.1. The van der Waals surface area contributed by atoms with Gasteiger partial charge in [0.2, 0.25) is 15.9 Å². The summed E-state index contributed by atoms with van der Waals surface area (Å²) in [6.45, 7) is -0.186. The number of sulfonamides is 1. The standard InChI is InChI=1S/C21H19BrN2O3S/c22-18-11-13-19(14-12-18)23-21(25)16-24(15-17-7-3-1-4-8-17)28(26,27)20-9-5-2-6-10-20/h1-14H,15-16H2,(H,23,25). The van der Waals surface area contributed by atoms with Gasteiger partial charge < -0.3 is 5.32 Å². The summed E-state index contributed by atoms with van der Waals surface area (Å²) in [7, 11) is -3.83. The predicted molar refractivity (Wildman–Crippen MR) is 113 cm³/mol. The normalized spacial score (nSPS) is 11.4. The van der Waals surface area contributed by atoms with Crippen LogP contribution in [0.15, 0.2) is 94.3 Å². The lowest BCUT2D eigenvalue weighted by atomic mass is 10.2. The fourth-order valence-corrected chi connectivity index (χ4v) is 4.32. The van der Waals surface area contributed by atoms with Gasteiger partial charge in [-0.2, -0.15) is 4.31 Å². The second-order valence-corrected chi connectivity index (χ2v) is 8.98. The van der Waals surface area contributed by atoms with Gasteiger partial charge in [0.05, 0.1) is 11.4 Å². The maximum Gasteiger partial charge on any atom is 0.243 e. The van der Waals surface area contributed by atoms with Crippen LogP contribution >= 0.6 is 15.9 Å². The van der Waals surface area contributed by atoms with E-state index in [2.05, 4.69) is 21.2 Å². The van der Waals surface area contributed by atoms with E-state index >= 15 is 0 Å². The third-order valence-corrected chi connectivity index (χ3v) is 6.37. The molecule has 0 aromatic heterocycles. The van der Waals surface area contributed by atoms with E-state index in [-0.39, 0.29) is 18.0 Å². The summed E-state index contributed by atoms with van der Waals surface area (Å²) < 4.78 is 28.3. The lowest BCUT2D eigenvalue weighted by Crippen LogP contribution is -2.37. The average Bonchev–Trinajstić information content (AvgIpc) is 2.71. The summed E-state index contributed by atoms with van der Waals surface area (Å²) in [5.74, 6) is -0.405. The van der Waals surface area contributed by atoms with E-state index in [0.717, 1.165) is 10.0 Å². The first-order valence-corrected chi connectivity index (χ1v) is 10.8. The Labute approximate surface area is 173 Å². The van der Waals surface area contributed by atoms with Gasteiger partial charge in [0.1, 0.15) is 0 Å². The molecule has 144 valence electrons. The lowest BCUT2D eigenvalue weighted by molar-refractivity contribution is -0.116. The van der Waals surface area contributed by atoms with Crippen molar-refractivity contribution >= 4 is 37.5 Å². The zero-order valence-corrected chi connectivity index (χ0v) is 17.4. The summed E-state index contributed by atoms with van der Waals surface area (Å²) in [5, 5.41) is 2.74. The molecular formula is C21H19BrN2O3S. The molecule has 0 unspecified atom stereocenters. The fourth-order valence-electron chi connectivity index (χ4n) is 2.65. The molecule has 0 saturated heterocycles. The third kappa shape index (κ3) is 5.28. The molecule has 1 amide bonds. The molecule has 7 heteroatoms. The Morgan fingerprint density at radius 2 is 1.43 bits per heavy atom. The molecule has 0 aliphatic rings. The molecule has 0 bridgehead atoms. The number of nitrogens with zero attached hydrogens (tertiary/aromatic N) is 1. The van der Waals surface area contributed by atoms with Gasteiger partial charge in [-0.3, -0.25) is 4.79 Å². The molecule has 3 aromatic carbocycles. The quantitative estimate of drug-likeness (QED) is 0.574. The first-order valence-electron chi connectivity index (χ1n) is 8.60. The van der Waals surface area contributed by atoms with Gasteiger partial charge in [-0.05, 0) is 42.0 Å². The minimum atomic E-state index is -3.83. The van der Waals surface area contributed by atoms with Gasteiger partial charge in [-0.25, -0.2) is 8.42 Å². The van der Waals surface area contributed by atoms with Crippen molar-refractivity contribution in [3.63, 3.8) is 0 Å². The Balaban J connectivity index is 1.83. The van der Waals surface area contributed by atoms with Crippen molar-refractivity contribution in [3.8, 4) is 0 Å². The second-order valence-electron chi connectivity index (χ2n) is 6.13. The Kier molecular flexibility index (Phi) is 6.61. The number of amides is 1. The van der Waals surface area contributed by atoms with Crippen LogP contribution in [0.5, 0.6) is 0 Å². The fraction of sp³-hybridized carbons (Fsp3) is 0.0952. The SMILES string of the molecule is O=C(CN(Cc1ccccc1)S(=O)(=O)c1ccccc1)Nc1ccc(Br)cc1. The number of anilines is 1. The molecule has 0 radical (unpaired) electrons. The minimum absolute atomic E-state index is 0.103. The Hall–Kier alpha value is -2.48. The average molecular weight is 459 g/mol. The largest absolute Gasteiger partial charge is 0.325 e. The first-order chi connectivity index (χ1) is 13.4. The van der Waals surface area contributed by atoms with Gasteiger partial charge in [0.15, 0.2) is 0 Å². The second kappa shape index (κ2) is 9.14. The third-order valence-electron chi connectivity index (χ3n) is 4.03. The Morgan fingerprint density at radius 1 is 0.857 bits per heavy atom. The van der Waals surface area contributed by atoms with E-state index in [1.54, 1.807) is 42.5 Å². The zero-order chi connectivity index (χ0) is 20.0. The summed E-state index contributed by atoms with van der Waals surface area (Å²) in [4.78, 5) is 12.7. The van der Waals surface area contributed by atoms with E-state index in [1.807, 2.05) is 30.3 Å². The molecule has 1 N–H and O–H groups in total. The van der Waals surface area contributed by atoms with E-state index in [9.17, 15) is 13.2 Å². The molecule has 0 fully saturated rings. The van der Waals surface area contributed by atoms with Crippen molar-refractivity contribution < 1.29 is 13.2 Å². The number of rotatable bonds is 7. The van der Waals surface area contributed by atoms with Crippen LogP contribution in [0.2, 0.25) is 0 Å². The molecule has 0 aliphatic carbocycles. The number of hydrogen-bond acceptors (Lipinski definition) is 3. The Morgan fingerprint density at radius 3 is 2.04 bits per heavy atom. The molecule has 0 spiro atoms. The number of benzene rings is 3. The van der Waals surface area contributed by atoms with Gasteiger partial charge in [-0.15, -0.1) is 0 Å². The minimum Gasteiger partial charge on any atom is -0.325 e. The van der Waals surface area contributed by atoms with Crippen LogP contribution in [0, 0.1) is 0 Å². The van der Waals surface area contributed by atoms with Crippen LogP contribution in [0.25, 0.3) is 0 Å². The molecule has 0 atom stereocenters. The molecule has 0 aliphatic heterocycles.